The van der Waals surface area contributed by atoms with E-state index in [1.807, 2.05) is 4.72 Å². The minimum atomic E-state index is -4.42. The monoisotopic (exact) mass is 280 g/mol. The van der Waals surface area contributed by atoms with E-state index in [-0.39, 0.29) is 5.69 Å². The van der Waals surface area contributed by atoms with Gasteiger partial charge >= 0.3 is 0 Å². The van der Waals surface area contributed by atoms with Crippen molar-refractivity contribution in [1.29, 1.82) is 0 Å². The minimum absolute atomic E-state index is 0.217. The summed E-state index contributed by atoms with van der Waals surface area (Å²) in [6, 6.07) is 1.42. The fourth-order valence-corrected chi connectivity index (χ4v) is 2.81. The van der Waals surface area contributed by atoms with Crippen LogP contribution in [0.2, 0.25) is 0 Å². The van der Waals surface area contributed by atoms with Gasteiger partial charge in [0.25, 0.3) is 0 Å². The summed E-state index contributed by atoms with van der Waals surface area (Å²) in [5.74, 6) is -2.57. The number of nitrogens with two attached hydrogens (primary N) is 1. The van der Waals surface area contributed by atoms with Gasteiger partial charge in [-0.3, -0.25) is 0 Å². The lowest BCUT2D eigenvalue weighted by Crippen LogP contribution is -2.46. The lowest BCUT2D eigenvalue weighted by atomic mass is 10.1. The molecule has 5 nitrogen and oxygen atoms in total. The second-order valence-electron chi connectivity index (χ2n) is 4.46. The quantitative estimate of drug-likeness (QED) is 0.704. The summed E-state index contributed by atoms with van der Waals surface area (Å²) < 4.78 is 52.6. The number of aliphatic hydroxyl groups is 1. The van der Waals surface area contributed by atoms with Crippen molar-refractivity contribution >= 4 is 15.7 Å². The maximum Gasteiger partial charge on any atom is 0.246 e. The third-order valence-corrected chi connectivity index (χ3v) is 3.84. The predicted molar refractivity (Wildman–Crippen MR) is 62.3 cm³/mol. The Morgan fingerprint density at radius 1 is 1.33 bits per heavy atom. The number of anilines is 1. The van der Waals surface area contributed by atoms with Gasteiger partial charge in [0.05, 0.1) is 12.1 Å². The number of benzene rings is 1. The molecule has 0 aliphatic carbocycles. The first kappa shape index (κ1) is 14.8. The second-order valence-corrected chi connectivity index (χ2v) is 6.08. The van der Waals surface area contributed by atoms with Gasteiger partial charge in [-0.05, 0) is 26.0 Å². The summed E-state index contributed by atoms with van der Waals surface area (Å²) in [5, 5.41) is 8.95. The molecule has 0 fully saturated rings. The van der Waals surface area contributed by atoms with Crippen molar-refractivity contribution in [2.45, 2.75) is 24.3 Å². The van der Waals surface area contributed by atoms with E-state index in [0.29, 0.717) is 12.1 Å². The van der Waals surface area contributed by atoms with Crippen LogP contribution in [0.4, 0.5) is 14.5 Å². The Balaban J connectivity index is 3.30. The third kappa shape index (κ3) is 3.15. The van der Waals surface area contributed by atoms with Gasteiger partial charge in [-0.2, -0.15) is 0 Å². The normalized spacial score (nSPS) is 12.7. The molecule has 0 bridgehead atoms. The van der Waals surface area contributed by atoms with Crippen molar-refractivity contribution in [2.24, 2.45) is 0 Å². The summed E-state index contributed by atoms with van der Waals surface area (Å²) >= 11 is 0. The van der Waals surface area contributed by atoms with E-state index in [1.54, 1.807) is 0 Å². The summed E-state index contributed by atoms with van der Waals surface area (Å²) in [4.78, 5) is -1.11. The van der Waals surface area contributed by atoms with Gasteiger partial charge in [0.1, 0.15) is 11.6 Å². The van der Waals surface area contributed by atoms with E-state index >= 15 is 0 Å². The highest BCUT2D eigenvalue weighted by Crippen LogP contribution is 2.22. The molecule has 0 aliphatic rings. The molecule has 1 rings (SSSR count). The van der Waals surface area contributed by atoms with E-state index < -0.39 is 38.7 Å². The fourth-order valence-electron chi connectivity index (χ4n) is 1.28. The highest BCUT2D eigenvalue weighted by Gasteiger charge is 2.30. The lowest BCUT2D eigenvalue weighted by Gasteiger charge is -2.23. The van der Waals surface area contributed by atoms with Crippen LogP contribution in [0, 0.1) is 11.6 Å². The highest BCUT2D eigenvalue weighted by atomic mass is 32.2. The zero-order valence-corrected chi connectivity index (χ0v) is 10.7. The van der Waals surface area contributed by atoms with Gasteiger partial charge in [0, 0.05) is 5.69 Å². The number of nitrogens with one attached hydrogen (secondary N) is 1. The van der Waals surface area contributed by atoms with Crippen LogP contribution in [0.25, 0.3) is 0 Å². The molecule has 0 saturated carbocycles. The minimum Gasteiger partial charge on any atom is -0.399 e. The van der Waals surface area contributed by atoms with Crippen molar-refractivity contribution in [3.05, 3.63) is 23.8 Å². The number of hydrogen-bond acceptors (Lipinski definition) is 4. The van der Waals surface area contributed by atoms with Crippen LogP contribution in [-0.2, 0) is 10.0 Å². The Morgan fingerprint density at radius 2 is 1.78 bits per heavy atom. The SMILES string of the molecule is CC(C)(CO)NS(=O)(=O)c1c(F)cc(N)cc1F. The fraction of sp³-hybridized carbons (Fsp3) is 0.400. The Morgan fingerprint density at radius 3 is 2.17 bits per heavy atom. The molecule has 0 unspecified atom stereocenters. The number of aliphatic hydroxyl groups excluding tert-OH is 1. The Kier molecular flexibility index (Phi) is 3.94. The number of hydrogen-bond donors (Lipinski definition) is 3. The summed E-state index contributed by atoms with van der Waals surface area (Å²) in [7, 11) is -4.42. The maximum absolute atomic E-state index is 13.5. The van der Waals surface area contributed by atoms with E-state index in [4.69, 9.17) is 10.8 Å². The molecule has 0 radical (unpaired) electrons. The molecular formula is C10H14F2N2O3S. The van der Waals surface area contributed by atoms with E-state index in [0.717, 1.165) is 0 Å². The molecule has 0 amide bonds. The molecular weight excluding hydrogens is 266 g/mol. The first-order valence-electron chi connectivity index (χ1n) is 4.98. The van der Waals surface area contributed by atoms with Crippen LogP contribution in [0.1, 0.15) is 13.8 Å². The molecule has 0 spiro atoms. The molecule has 8 heteroatoms. The molecule has 1 aromatic carbocycles. The van der Waals surface area contributed by atoms with Gasteiger partial charge in [-0.15, -0.1) is 0 Å². The topological polar surface area (TPSA) is 92.4 Å². The van der Waals surface area contributed by atoms with E-state index in [9.17, 15) is 17.2 Å². The molecule has 18 heavy (non-hydrogen) atoms. The van der Waals surface area contributed by atoms with Gasteiger partial charge < -0.3 is 10.8 Å². The Hall–Kier alpha value is -1.25. The number of halogens is 2. The van der Waals surface area contributed by atoms with E-state index in [2.05, 4.69) is 0 Å². The van der Waals surface area contributed by atoms with Crippen molar-refractivity contribution in [2.75, 3.05) is 12.3 Å². The molecule has 102 valence electrons. The van der Waals surface area contributed by atoms with Gasteiger partial charge in [0.15, 0.2) is 4.90 Å². The number of rotatable bonds is 4. The third-order valence-electron chi connectivity index (χ3n) is 2.10. The van der Waals surface area contributed by atoms with Crippen LogP contribution in [0.15, 0.2) is 17.0 Å². The Labute approximate surface area is 104 Å². The van der Waals surface area contributed by atoms with E-state index in [1.165, 1.54) is 13.8 Å². The average molecular weight is 280 g/mol. The van der Waals surface area contributed by atoms with Crippen LogP contribution < -0.4 is 10.5 Å². The molecule has 0 heterocycles. The smallest absolute Gasteiger partial charge is 0.246 e. The van der Waals surface area contributed by atoms with Crippen LogP contribution in [0.3, 0.4) is 0 Å². The lowest BCUT2D eigenvalue weighted by molar-refractivity contribution is 0.208. The van der Waals surface area contributed by atoms with Crippen LogP contribution >= 0.6 is 0 Å². The molecule has 0 atom stereocenters. The summed E-state index contributed by atoms with van der Waals surface area (Å²) in [6.07, 6.45) is 0. The van der Waals surface area contributed by atoms with Crippen molar-refractivity contribution in [1.82, 2.24) is 4.72 Å². The van der Waals surface area contributed by atoms with Crippen molar-refractivity contribution in [3.8, 4) is 0 Å². The average Bonchev–Trinajstić information content (AvgIpc) is 2.13. The summed E-state index contributed by atoms with van der Waals surface area (Å²) in [5.41, 5.74) is 3.74. The first-order chi connectivity index (χ1) is 8.09. The highest BCUT2D eigenvalue weighted by molar-refractivity contribution is 7.89. The molecule has 0 aromatic heterocycles. The van der Waals surface area contributed by atoms with Crippen LogP contribution in [-0.4, -0.2) is 25.7 Å². The number of sulfonamides is 1. The zero-order chi connectivity index (χ0) is 14.1. The van der Waals surface area contributed by atoms with Crippen molar-refractivity contribution in [3.63, 3.8) is 0 Å². The predicted octanol–water partition coefficient (Wildman–Crippen LogP) is 0.596. The molecule has 0 saturated heterocycles. The molecule has 0 aliphatic heterocycles. The van der Waals surface area contributed by atoms with Gasteiger partial charge in [-0.25, -0.2) is 21.9 Å². The largest absolute Gasteiger partial charge is 0.399 e. The zero-order valence-electron chi connectivity index (χ0n) is 9.87. The number of nitrogen functional groups attached to an aromatic ring is 1. The van der Waals surface area contributed by atoms with Crippen molar-refractivity contribution < 1.29 is 22.3 Å². The summed E-state index contributed by atoms with van der Waals surface area (Å²) in [6.45, 7) is 2.22. The molecule has 4 N–H and O–H groups in total. The maximum atomic E-state index is 13.5. The van der Waals surface area contributed by atoms with Gasteiger partial charge in [0.2, 0.25) is 10.0 Å². The second kappa shape index (κ2) is 4.79. The molecule has 1 aromatic rings. The first-order valence-corrected chi connectivity index (χ1v) is 6.47. The standard InChI is InChI=1S/C10H14F2N2O3S/c1-10(2,5-15)14-18(16,17)9-7(11)3-6(13)4-8(9)12/h3-4,14-15H,5,13H2,1-2H3. The van der Waals surface area contributed by atoms with Gasteiger partial charge in [-0.1, -0.05) is 0 Å². The van der Waals surface area contributed by atoms with Crippen LogP contribution in [0.5, 0.6) is 0 Å². The Bertz CT molecular complexity index is 535.